The summed E-state index contributed by atoms with van der Waals surface area (Å²) in [7, 11) is 0. The maximum Gasteiger partial charge on any atom is 0.186 e. The molecular formula is C22H44O6. The van der Waals surface area contributed by atoms with Crippen molar-refractivity contribution < 1.29 is 29.9 Å². The summed E-state index contributed by atoms with van der Waals surface area (Å²) >= 11 is 0. The fourth-order valence-corrected chi connectivity index (χ4v) is 3.90. The minimum absolute atomic E-state index is 0.366. The van der Waals surface area contributed by atoms with Crippen molar-refractivity contribution in [3.8, 4) is 0 Å². The SMILES string of the molecule is CCCCCCCCC(COC1O[C@H](CO)[C@H](O)[C@H](O)[C@H]1O)C(C)CCCC. The minimum Gasteiger partial charge on any atom is -0.394 e. The summed E-state index contributed by atoms with van der Waals surface area (Å²) in [6.45, 7) is 6.69. The quantitative estimate of drug-likeness (QED) is 0.313. The average molecular weight is 405 g/mol. The zero-order chi connectivity index (χ0) is 20.9. The summed E-state index contributed by atoms with van der Waals surface area (Å²) in [6.07, 6.45) is 6.12. The molecule has 0 saturated carbocycles. The van der Waals surface area contributed by atoms with E-state index in [2.05, 4.69) is 20.8 Å². The van der Waals surface area contributed by atoms with Crippen LogP contribution in [0.4, 0.5) is 0 Å². The Morgan fingerprint density at radius 3 is 2.11 bits per heavy atom. The average Bonchev–Trinajstić information content (AvgIpc) is 2.70. The highest BCUT2D eigenvalue weighted by Gasteiger charge is 2.44. The molecule has 0 bridgehead atoms. The summed E-state index contributed by atoms with van der Waals surface area (Å²) < 4.78 is 11.3. The van der Waals surface area contributed by atoms with Crippen LogP contribution in [0.2, 0.25) is 0 Å². The molecule has 0 aromatic rings. The second kappa shape index (κ2) is 14.7. The predicted molar refractivity (Wildman–Crippen MR) is 110 cm³/mol. The molecule has 6 nitrogen and oxygen atoms in total. The van der Waals surface area contributed by atoms with Gasteiger partial charge in [-0.1, -0.05) is 78.6 Å². The van der Waals surface area contributed by atoms with Crippen molar-refractivity contribution in [3.63, 3.8) is 0 Å². The van der Waals surface area contributed by atoms with Crippen LogP contribution < -0.4 is 0 Å². The van der Waals surface area contributed by atoms with Crippen LogP contribution in [0.1, 0.15) is 85.0 Å². The standard InChI is InChI=1S/C22H44O6/c1-4-6-8-9-10-11-13-17(16(3)12-7-5-2)15-27-22-21(26)20(25)19(24)18(14-23)28-22/h16-26H,4-15H2,1-3H3/t16?,17?,18-,19+,20+,21-,22?/m1/s1. The highest BCUT2D eigenvalue weighted by molar-refractivity contribution is 4.89. The molecule has 0 aliphatic carbocycles. The van der Waals surface area contributed by atoms with Crippen LogP contribution >= 0.6 is 0 Å². The molecule has 4 N–H and O–H groups in total. The molecule has 3 unspecified atom stereocenters. The molecule has 0 spiro atoms. The third-order valence-electron chi connectivity index (χ3n) is 6.07. The lowest BCUT2D eigenvalue weighted by molar-refractivity contribution is -0.304. The van der Waals surface area contributed by atoms with Gasteiger partial charge in [0.25, 0.3) is 0 Å². The van der Waals surface area contributed by atoms with Crippen molar-refractivity contribution in [3.05, 3.63) is 0 Å². The number of unbranched alkanes of at least 4 members (excludes halogenated alkanes) is 6. The van der Waals surface area contributed by atoms with E-state index in [9.17, 15) is 20.4 Å². The second-order valence-electron chi connectivity index (χ2n) is 8.47. The van der Waals surface area contributed by atoms with E-state index in [0.717, 1.165) is 12.8 Å². The van der Waals surface area contributed by atoms with Crippen LogP contribution in [0.3, 0.4) is 0 Å². The van der Waals surface area contributed by atoms with E-state index in [0.29, 0.717) is 18.4 Å². The highest BCUT2D eigenvalue weighted by Crippen LogP contribution is 2.27. The van der Waals surface area contributed by atoms with Crippen molar-refractivity contribution in [1.29, 1.82) is 0 Å². The Morgan fingerprint density at radius 1 is 0.821 bits per heavy atom. The topological polar surface area (TPSA) is 99.4 Å². The van der Waals surface area contributed by atoms with Crippen molar-refractivity contribution in [2.24, 2.45) is 11.8 Å². The van der Waals surface area contributed by atoms with Gasteiger partial charge in [-0.3, -0.25) is 0 Å². The Labute approximate surface area is 171 Å². The largest absolute Gasteiger partial charge is 0.394 e. The van der Waals surface area contributed by atoms with Gasteiger partial charge in [0.15, 0.2) is 6.29 Å². The maximum absolute atomic E-state index is 10.2. The molecule has 7 atom stereocenters. The van der Waals surface area contributed by atoms with Crippen molar-refractivity contribution >= 4 is 0 Å². The molecule has 6 heteroatoms. The Balaban J connectivity index is 2.54. The molecule has 1 heterocycles. The van der Waals surface area contributed by atoms with E-state index < -0.39 is 37.3 Å². The van der Waals surface area contributed by atoms with E-state index in [1.54, 1.807) is 0 Å². The van der Waals surface area contributed by atoms with Gasteiger partial charge in [-0.05, 0) is 18.3 Å². The monoisotopic (exact) mass is 404 g/mol. The van der Waals surface area contributed by atoms with Crippen LogP contribution in [0, 0.1) is 11.8 Å². The molecule has 168 valence electrons. The van der Waals surface area contributed by atoms with E-state index in [-0.39, 0.29) is 0 Å². The van der Waals surface area contributed by atoms with Crippen LogP contribution in [0.25, 0.3) is 0 Å². The van der Waals surface area contributed by atoms with Gasteiger partial charge >= 0.3 is 0 Å². The first-order valence-corrected chi connectivity index (χ1v) is 11.4. The molecule has 1 rings (SSSR count). The van der Waals surface area contributed by atoms with E-state index in [4.69, 9.17) is 9.47 Å². The fraction of sp³-hybridized carbons (Fsp3) is 1.00. The highest BCUT2D eigenvalue weighted by atomic mass is 16.7. The zero-order valence-electron chi connectivity index (χ0n) is 18.1. The summed E-state index contributed by atoms with van der Waals surface area (Å²) in [5.41, 5.74) is 0. The number of rotatable bonds is 15. The molecule has 0 aromatic carbocycles. The molecular weight excluding hydrogens is 360 g/mol. The first kappa shape index (κ1) is 25.8. The Hall–Kier alpha value is -0.240. The fourth-order valence-electron chi connectivity index (χ4n) is 3.90. The zero-order valence-corrected chi connectivity index (χ0v) is 18.1. The van der Waals surface area contributed by atoms with Gasteiger partial charge in [-0.15, -0.1) is 0 Å². The van der Waals surface area contributed by atoms with Gasteiger partial charge in [-0.2, -0.15) is 0 Å². The lowest BCUT2D eigenvalue weighted by atomic mass is 9.86. The molecule has 1 fully saturated rings. The summed E-state index contributed by atoms with van der Waals surface area (Å²) in [5.74, 6) is 0.880. The minimum atomic E-state index is -1.38. The van der Waals surface area contributed by atoms with Crippen LogP contribution in [0.5, 0.6) is 0 Å². The number of aliphatic hydroxyl groups is 4. The van der Waals surface area contributed by atoms with Gasteiger partial charge < -0.3 is 29.9 Å². The Morgan fingerprint density at radius 2 is 1.46 bits per heavy atom. The first-order valence-electron chi connectivity index (χ1n) is 11.4. The smallest absolute Gasteiger partial charge is 0.186 e. The van der Waals surface area contributed by atoms with Crippen molar-refractivity contribution in [1.82, 2.24) is 0 Å². The Kier molecular flexibility index (Phi) is 13.5. The normalized spacial score (nSPS) is 30.3. The maximum atomic E-state index is 10.2. The molecule has 1 saturated heterocycles. The number of ether oxygens (including phenoxy) is 2. The molecule has 1 aliphatic rings. The van der Waals surface area contributed by atoms with E-state index >= 15 is 0 Å². The van der Waals surface area contributed by atoms with Gasteiger partial charge in [-0.25, -0.2) is 0 Å². The van der Waals surface area contributed by atoms with Crippen LogP contribution in [-0.4, -0.2) is 64.3 Å². The lowest BCUT2D eigenvalue weighted by Gasteiger charge is -2.40. The summed E-state index contributed by atoms with van der Waals surface area (Å²) in [4.78, 5) is 0. The molecule has 0 aromatic heterocycles. The van der Waals surface area contributed by atoms with Crippen LogP contribution in [-0.2, 0) is 9.47 Å². The summed E-state index contributed by atoms with van der Waals surface area (Å²) in [5, 5.41) is 39.3. The molecule has 28 heavy (non-hydrogen) atoms. The van der Waals surface area contributed by atoms with E-state index in [1.807, 2.05) is 0 Å². The molecule has 1 aliphatic heterocycles. The van der Waals surface area contributed by atoms with Gasteiger partial charge in [0, 0.05) is 0 Å². The van der Waals surface area contributed by atoms with Crippen molar-refractivity contribution in [2.75, 3.05) is 13.2 Å². The van der Waals surface area contributed by atoms with Crippen molar-refractivity contribution in [2.45, 2.75) is 116 Å². The Bertz CT molecular complexity index is 378. The summed E-state index contributed by atoms with van der Waals surface area (Å²) in [6, 6.07) is 0. The third-order valence-corrected chi connectivity index (χ3v) is 6.07. The van der Waals surface area contributed by atoms with Gasteiger partial charge in [0.1, 0.15) is 24.4 Å². The second-order valence-corrected chi connectivity index (χ2v) is 8.47. The van der Waals surface area contributed by atoms with Crippen LogP contribution in [0.15, 0.2) is 0 Å². The number of hydrogen-bond donors (Lipinski definition) is 4. The first-order chi connectivity index (χ1) is 13.5. The van der Waals surface area contributed by atoms with Gasteiger partial charge in [0.05, 0.1) is 13.2 Å². The lowest BCUT2D eigenvalue weighted by Crippen LogP contribution is -2.59. The molecule has 0 amide bonds. The number of hydrogen-bond acceptors (Lipinski definition) is 6. The third kappa shape index (κ3) is 8.64. The molecule has 0 radical (unpaired) electrons. The van der Waals surface area contributed by atoms with Gasteiger partial charge in [0.2, 0.25) is 0 Å². The predicted octanol–water partition coefficient (Wildman–Crippen LogP) is 3.00. The van der Waals surface area contributed by atoms with E-state index in [1.165, 1.54) is 51.4 Å². The number of aliphatic hydroxyl groups excluding tert-OH is 4.